The van der Waals surface area contributed by atoms with E-state index in [-0.39, 0.29) is 16.5 Å². The van der Waals surface area contributed by atoms with Crippen LogP contribution in [0.3, 0.4) is 0 Å². The Morgan fingerprint density at radius 3 is 2.79 bits per heavy atom. The minimum absolute atomic E-state index is 0.0737. The molecule has 0 spiro atoms. The van der Waals surface area contributed by atoms with Gasteiger partial charge in [0.2, 0.25) is 0 Å². The number of aliphatic hydroxyl groups is 1. The summed E-state index contributed by atoms with van der Waals surface area (Å²) in [5.74, 6) is -0.360. The van der Waals surface area contributed by atoms with Crippen LogP contribution in [0.15, 0.2) is 22.6 Å². The van der Waals surface area contributed by atoms with Crippen molar-refractivity contribution in [2.24, 2.45) is 0 Å². The second kappa shape index (κ2) is 4.34. The normalized spacial score (nSPS) is 24.4. The third-order valence-corrected chi connectivity index (χ3v) is 2.76. The van der Waals surface area contributed by atoms with Crippen molar-refractivity contribution < 1.29 is 19.5 Å². The smallest absolute Gasteiger partial charge is 0.306 e. The zero-order valence-corrected chi connectivity index (χ0v) is 8.41. The molecule has 6 nitrogen and oxygen atoms in total. The number of methoxy groups -OCH3 is 2. The average Bonchev–Trinajstić information content (AvgIpc) is 2.60. The van der Waals surface area contributed by atoms with Gasteiger partial charge in [0.05, 0.1) is 17.6 Å². The lowest BCUT2D eigenvalue weighted by Crippen LogP contribution is -2.07. The van der Waals surface area contributed by atoms with E-state index < -0.39 is 10.4 Å². The summed E-state index contributed by atoms with van der Waals surface area (Å²) in [6, 6.07) is 0. The first-order valence-electron chi connectivity index (χ1n) is 3.62. The van der Waals surface area contributed by atoms with Crippen molar-refractivity contribution in [3.05, 3.63) is 32.7 Å². The van der Waals surface area contributed by atoms with Crippen LogP contribution in [0.2, 0.25) is 0 Å². The highest BCUT2D eigenvalue weighted by Gasteiger charge is 2.33. The summed E-state index contributed by atoms with van der Waals surface area (Å²) in [7, 11) is 2.68. The van der Waals surface area contributed by atoms with Gasteiger partial charge in [-0.3, -0.25) is 10.1 Å². The van der Waals surface area contributed by atoms with Gasteiger partial charge in [-0.1, -0.05) is 0 Å². The second-order valence-corrected chi connectivity index (χ2v) is 3.47. The molecule has 1 aliphatic rings. The molecule has 0 aromatic rings. The molecular weight excluding hydrogens is 210 g/mol. The van der Waals surface area contributed by atoms with Crippen LogP contribution >= 0.6 is 11.8 Å². The van der Waals surface area contributed by atoms with Crippen LogP contribution in [0.5, 0.6) is 0 Å². The average molecular weight is 219 g/mol. The molecule has 0 saturated carbocycles. The predicted octanol–water partition coefficient (Wildman–Crippen LogP) is 1.24. The van der Waals surface area contributed by atoms with Gasteiger partial charge in [-0.25, -0.2) is 0 Å². The van der Waals surface area contributed by atoms with Crippen molar-refractivity contribution >= 4 is 11.8 Å². The van der Waals surface area contributed by atoms with Gasteiger partial charge in [0, 0.05) is 13.2 Å². The van der Waals surface area contributed by atoms with Crippen molar-refractivity contribution in [1.29, 1.82) is 0 Å². The summed E-state index contributed by atoms with van der Waals surface area (Å²) in [6.45, 7) is 0. The highest BCUT2D eigenvalue weighted by atomic mass is 32.2. The lowest BCUT2D eigenvalue weighted by atomic mass is 10.3. The number of thioether (sulfide) groups is 1. The first-order chi connectivity index (χ1) is 6.60. The van der Waals surface area contributed by atoms with Crippen LogP contribution < -0.4 is 0 Å². The van der Waals surface area contributed by atoms with E-state index in [1.54, 1.807) is 0 Å². The van der Waals surface area contributed by atoms with Crippen LogP contribution in [-0.2, 0) is 9.47 Å². The highest BCUT2D eigenvalue weighted by Crippen LogP contribution is 2.37. The number of hydrogen-bond donors (Lipinski definition) is 1. The van der Waals surface area contributed by atoms with Gasteiger partial charge in [-0.15, -0.1) is 0 Å². The van der Waals surface area contributed by atoms with Gasteiger partial charge in [0.1, 0.15) is 5.44 Å². The Kier molecular flexibility index (Phi) is 3.37. The molecule has 0 bridgehead atoms. The zero-order valence-electron chi connectivity index (χ0n) is 7.59. The van der Waals surface area contributed by atoms with E-state index in [1.807, 2.05) is 0 Å². The van der Waals surface area contributed by atoms with E-state index in [4.69, 9.17) is 4.74 Å². The largest absolute Gasteiger partial charge is 0.481 e. The Morgan fingerprint density at radius 1 is 1.71 bits per heavy atom. The third-order valence-electron chi connectivity index (χ3n) is 1.60. The van der Waals surface area contributed by atoms with E-state index in [9.17, 15) is 15.2 Å². The van der Waals surface area contributed by atoms with Crippen molar-refractivity contribution in [2.75, 3.05) is 14.2 Å². The van der Waals surface area contributed by atoms with Gasteiger partial charge in [-0.2, -0.15) is 0 Å². The minimum Gasteiger partial charge on any atom is -0.481 e. The number of nitrogens with zero attached hydrogens (tertiary/aromatic N) is 1. The molecule has 0 radical (unpaired) electrons. The molecule has 0 saturated heterocycles. The van der Waals surface area contributed by atoms with Crippen LogP contribution in [0.1, 0.15) is 0 Å². The fourth-order valence-electron chi connectivity index (χ4n) is 0.959. The predicted molar refractivity (Wildman–Crippen MR) is 50.1 cm³/mol. The first-order valence-corrected chi connectivity index (χ1v) is 4.50. The van der Waals surface area contributed by atoms with E-state index in [1.165, 1.54) is 20.3 Å². The van der Waals surface area contributed by atoms with Gasteiger partial charge < -0.3 is 14.6 Å². The molecule has 0 aliphatic carbocycles. The summed E-state index contributed by atoms with van der Waals surface area (Å²) in [5, 5.41) is 19.6. The van der Waals surface area contributed by atoms with Crippen molar-refractivity contribution in [3.63, 3.8) is 0 Å². The van der Waals surface area contributed by atoms with Crippen molar-refractivity contribution in [1.82, 2.24) is 0 Å². The van der Waals surface area contributed by atoms with Crippen molar-refractivity contribution in [3.8, 4) is 0 Å². The number of ether oxygens (including phenoxy) is 2. The number of aliphatic hydroxyl groups excluding tert-OH is 1. The molecule has 0 amide bonds. The number of hydrogen-bond acceptors (Lipinski definition) is 6. The molecule has 78 valence electrons. The summed E-state index contributed by atoms with van der Waals surface area (Å²) < 4.78 is 9.50. The highest BCUT2D eigenvalue weighted by molar-refractivity contribution is 8.03. The summed E-state index contributed by atoms with van der Waals surface area (Å²) in [6.07, 6.45) is 1.23. The maximum Gasteiger partial charge on any atom is 0.306 e. The summed E-state index contributed by atoms with van der Waals surface area (Å²) in [4.78, 5) is 9.90. The van der Waals surface area contributed by atoms with Crippen LogP contribution in [-0.4, -0.2) is 29.7 Å². The Bertz CT molecular complexity index is 311. The first kappa shape index (κ1) is 10.9. The SMILES string of the molecule is CO/C(O)=C1/C=C([N+](=O)[O-])S[C@H]1OC. The molecule has 14 heavy (non-hydrogen) atoms. The standard InChI is InChI=1S/C7H9NO5S/c1-12-6(9)4-3-5(8(10)11)14-7(4)13-2/h3,7,9H,1-2H3/b6-4-/t7-/m1/s1. The maximum absolute atomic E-state index is 10.4. The van der Waals surface area contributed by atoms with Crippen molar-refractivity contribution in [2.45, 2.75) is 5.44 Å². The molecule has 1 atom stereocenters. The monoisotopic (exact) mass is 219 g/mol. The van der Waals surface area contributed by atoms with Crippen LogP contribution in [0.25, 0.3) is 0 Å². The maximum atomic E-state index is 10.4. The fourth-order valence-corrected chi connectivity index (χ4v) is 1.85. The molecule has 1 aliphatic heterocycles. The molecule has 1 rings (SSSR count). The van der Waals surface area contributed by atoms with Gasteiger partial charge in [0.25, 0.3) is 5.95 Å². The lowest BCUT2D eigenvalue weighted by Gasteiger charge is -2.08. The number of nitro groups is 1. The quantitative estimate of drug-likeness (QED) is 0.437. The molecule has 0 aromatic carbocycles. The third kappa shape index (κ3) is 1.99. The van der Waals surface area contributed by atoms with Crippen LogP contribution in [0, 0.1) is 10.1 Å². The minimum atomic E-state index is -0.588. The Morgan fingerprint density at radius 2 is 2.36 bits per heavy atom. The van der Waals surface area contributed by atoms with Gasteiger partial charge in [-0.05, 0) is 11.8 Å². The molecule has 1 heterocycles. The lowest BCUT2D eigenvalue weighted by molar-refractivity contribution is -0.410. The summed E-state index contributed by atoms with van der Waals surface area (Å²) >= 11 is 0.912. The molecular formula is C7H9NO5S. The van der Waals surface area contributed by atoms with E-state index >= 15 is 0 Å². The molecule has 7 heteroatoms. The van der Waals surface area contributed by atoms with Crippen LogP contribution in [0.4, 0.5) is 0 Å². The number of rotatable bonds is 3. The van der Waals surface area contributed by atoms with E-state index in [0.29, 0.717) is 0 Å². The second-order valence-electron chi connectivity index (χ2n) is 2.39. The van der Waals surface area contributed by atoms with E-state index in [0.717, 1.165) is 11.8 Å². The van der Waals surface area contributed by atoms with E-state index in [2.05, 4.69) is 4.74 Å². The molecule has 0 aromatic heterocycles. The Balaban J connectivity index is 2.98. The molecule has 0 unspecified atom stereocenters. The Hall–Kier alpha value is -1.21. The fraction of sp³-hybridized carbons (Fsp3) is 0.429. The Labute approximate surface area is 84.3 Å². The zero-order chi connectivity index (χ0) is 10.7. The molecule has 0 fully saturated rings. The van der Waals surface area contributed by atoms with Gasteiger partial charge in [0.15, 0.2) is 0 Å². The summed E-state index contributed by atoms with van der Waals surface area (Å²) in [5.41, 5.74) is -0.318. The van der Waals surface area contributed by atoms with Gasteiger partial charge >= 0.3 is 5.03 Å². The topological polar surface area (TPSA) is 81.8 Å². The molecule has 1 N–H and O–H groups in total.